The number of piperidine rings is 1. The highest BCUT2D eigenvalue weighted by atomic mass is 16.6. The minimum absolute atomic E-state index is 0.235. The Kier molecular flexibility index (Phi) is 6.64. The third kappa shape index (κ3) is 6.13. The van der Waals surface area contributed by atoms with Gasteiger partial charge in [-0.3, -0.25) is 0 Å². The summed E-state index contributed by atoms with van der Waals surface area (Å²) in [7, 11) is 0. The van der Waals surface area contributed by atoms with Gasteiger partial charge < -0.3 is 19.3 Å². The van der Waals surface area contributed by atoms with Crippen LogP contribution in [-0.2, 0) is 17.7 Å². The highest BCUT2D eigenvalue weighted by Crippen LogP contribution is 2.25. The molecule has 0 saturated carbocycles. The molecule has 150 valence electrons. The van der Waals surface area contributed by atoms with Crippen LogP contribution < -0.4 is 4.74 Å². The first-order valence-corrected chi connectivity index (χ1v) is 10.4. The van der Waals surface area contributed by atoms with Crippen LogP contribution in [-0.4, -0.2) is 54.3 Å². The molecule has 2 aliphatic rings. The number of benzene rings is 1. The number of likely N-dealkylation sites (tertiary alicyclic amines) is 1. The molecule has 1 aromatic rings. The number of fused-ring (bicyclic) bond motifs is 1. The van der Waals surface area contributed by atoms with E-state index in [4.69, 9.17) is 9.47 Å². The molecule has 0 aromatic heterocycles. The Balaban J connectivity index is 1.49. The molecule has 27 heavy (non-hydrogen) atoms. The van der Waals surface area contributed by atoms with Crippen LogP contribution in [0.15, 0.2) is 18.2 Å². The van der Waals surface area contributed by atoms with Crippen LogP contribution in [0.4, 0.5) is 4.79 Å². The van der Waals surface area contributed by atoms with Crippen LogP contribution in [0.2, 0.25) is 0 Å². The van der Waals surface area contributed by atoms with E-state index in [1.54, 1.807) is 4.90 Å². The highest BCUT2D eigenvalue weighted by molar-refractivity contribution is 5.68. The summed E-state index contributed by atoms with van der Waals surface area (Å²) in [5, 5.41) is 0. The molecule has 0 N–H and O–H groups in total. The minimum Gasteiger partial charge on any atom is -0.494 e. The monoisotopic (exact) mass is 374 g/mol. The number of carbonyl (C=O) groups excluding carboxylic acids is 1. The quantitative estimate of drug-likeness (QED) is 0.723. The van der Waals surface area contributed by atoms with Crippen LogP contribution in [0.5, 0.6) is 5.75 Å². The molecule has 1 saturated heterocycles. The summed E-state index contributed by atoms with van der Waals surface area (Å²) in [5.74, 6) is 0.901. The molecule has 5 heteroatoms. The number of hydrogen-bond donors (Lipinski definition) is 0. The number of amides is 1. The van der Waals surface area contributed by atoms with E-state index in [-0.39, 0.29) is 6.09 Å². The van der Waals surface area contributed by atoms with Crippen molar-refractivity contribution in [1.82, 2.24) is 9.80 Å². The molecule has 0 unspecified atom stereocenters. The Morgan fingerprint density at radius 1 is 1.07 bits per heavy atom. The van der Waals surface area contributed by atoms with Crippen molar-refractivity contribution in [1.29, 1.82) is 0 Å². The lowest BCUT2D eigenvalue weighted by molar-refractivity contribution is 0.0223. The molecular formula is C22H34N2O3. The summed E-state index contributed by atoms with van der Waals surface area (Å²) >= 11 is 0. The second kappa shape index (κ2) is 8.96. The van der Waals surface area contributed by atoms with Gasteiger partial charge in [0.1, 0.15) is 11.4 Å². The molecule has 0 radical (unpaired) electrons. The first kappa shape index (κ1) is 20.0. The summed E-state index contributed by atoms with van der Waals surface area (Å²) in [5.41, 5.74) is 2.01. The molecule has 5 nitrogen and oxygen atoms in total. The van der Waals surface area contributed by atoms with E-state index in [1.165, 1.54) is 43.5 Å². The number of nitrogens with zero attached hydrogens (tertiary/aromatic N) is 2. The fraction of sp³-hybridized carbons (Fsp3) is 0.682. The molecule has 1 amide bonds. The molecule has 0 bridgehead atoms. The van der Waals surface area contributed by atoms with Gasteiger partial charge in [0.25, 0.3) is 0 Å². The molecule has 2 heterocycles. The van der Waals surface area contributed by atoms with Gasteiger partial charge in [0.05, 0.1) is 6.61 Å². The Morgan fingerprint density at radius 2 is 1.85 bits per heavy atom. The van der Waals surface area contributed by atoms with Crippen molar-refractivity contribution >= 4 is 6.09 Å². The summed E-state index contributed by atoms with van der Waals surface area (Å²) in [6.45, 7) is 11.3. The molecular weight excluding hydrogens is 340 g/mol. The molecule has 0 aliphatic carbocycles. The van der Waals surface area contributed by atoms with Crippen molar-refractivity contribution < 1.29 is 14.3 Å². The van der Waals surface area contributed by atoms with Gasteiger partial charge in [0, 0.05) is 19.6 Å². The summed E-state index contributed by atoms with van der Waals surface area (Å²) in [4.78, 5) is 16.7. The van der Waals surface area contributed by atoms with E-state index < -0.39 is 5.60 Å². The fourth-order valence-electron chi connectivity index (χ4n) is 3.77. The van der Waals surface area contributed by atoms with E-state index in [0.717, 1.165) is 31.7 Å². The smallest absolute Gasteiger partial charge is 0.410 e. The largest absolute Gasteiger partial charge is 0.494 e. The molecule has 1 fully saturated rings. The van der Waals surface area contributed by atoms with Gasteiger partial charge in [-0.1, -0.05) is 12.5 Å². The number of carbonyl (C=O) groups is 1. The van der Waals surface area contributed by atoms with Crippen molar-refractivity contribution in [2.75, 3.05) is 32.8 Å². The zero-order valence-corrected chi connectivity index (χ0v) is 17.1. The number of hydrogen-bond acceptors (Lipinski definition) is 4. The van der Waals surface area contributed by atoms with Crippen molar-refractivity contribution in [3.63, 3.8) is 0 Å². The van der Waals surface area contributed by atoms with Gasteiger partial charge in [-0.15, -0.1) is 0 Å². The van der Waals surface area contributed by atoms with Crippen LogP contribution in [0.25, 0.3) is 0 Å². The van der Waals surface area contributed by atoms with Gasteiger partial charge in [0.2, 0.25) is 0 Å². The van der Waals surface area contributed by atoms with E-state index in [9.17, 15) is 4.79 Å². The van der Waals surface area contributed by atoms with E-state index >= 15 is 0 Å². The van der Waals surface area contributed by atoms with Crippen molar-refractivity contribution in [2.45, 2.75) is 65.0 Å². The Hall–Kier alpha value is -1.75. The Labute approximate surface area is 163 Å². The number of ether oxygens (including phenoxy) is 2. The average Bonchev–Trinajstić information content (AvgIpc) is 2.64. The second-order valence-corrected chi connectivity index (χ2v) is 8.69. The van der Waals surface area contributed by atoms with Crippen LogP contribution in [0.3, 0.4) is 0 Å². The van der Waals surface area contributed by atoms with Gasteiger partial charge in [0.15, 0.2) is 0 Å². The molecule has 2 aliphatic heterocycles. The predicted molar refractivity (Wildman–Crippen MR) is 107 cm³/mol. The third-order valence-electron chi connectivity index (χ3n) is 5.18. The molecule has 3 rings (SSSR count). The standard InChI is InChI=1S/C22H34N2O3/c1-22(2,3)27-21(25)24-14-10-18-8-9-20(16-19(18)17-24)26-15-7-13-23-11-5-4-6-12-23/h8-9,16H,4-7,10-15,17H2,1-3H3. The van der Waals surface area contributed by atoms with Crippen molar-refractivity contribution in [3.8, 4) is 5.75 Å². The van der Waals surface area contributed by atoms with Crippen LogP contribution in [0.1, 0.15) is 57.6 Å². The predicted octanol–water partition coefficient (Wildman–Crippen LogP) is 4.23. The Morgan fingerprint density at radius 3 is 2.59 bits per heavy atom. The maximum absolute atomic E-state index is 12.3. The SMILES string of the molecule is CC(C)(C)OC(=O)N1CCc2ccc(OCCCN3CCCCC3)cc2C1. The average molecular weight is 375 g/mol. The van der Waals surface area contributed by atoms with Crippen molar-refractivity contribution in [3.05, 3.63) is 29.3 Å². The zero-order chi connectivity index (χ0) is 19.3. The molecule has 0 atom stereocenters. The highest BCUT2D eigenvalue weighted by Gasteiger charge is 2.25. The first-order chi connectivity index (χ1) is 12.9. The maximum atomic E-state index is 12.3. The Bertz CT molecular complexity index is 633. The first-order valence-electron chi connectivity index (χ1n) is 10.4. The van der Waals surface area contributed by atoms with Crippen LogP contribution in [0, 0.1) is 0 Å². The second-order valence-electron chi connectivity index (χ2n) is 8.69. The normalized spacial score (nSPS) is 18.1. The summed E-state index contributed by atoms with van der Waals surface area (Å²) in [6.07, 6.45) is 5.73. The third-order valence-corrected chi connectivity index (χ3v) is 5.18. The lowest BCUT2D eigenvalue weighted by Gasteiger charge is -2.31. The lowest BCUT2D eigenvalue weighted by atomic mass is 10.00. The van der Waals surface area contributed by atoms with E-state index in [2.05, 4.69) is 23.1 Å². The van der Waals surface area contributed by atoms with Crippen LogP contribution >= 0.6 is 0 Å². The van der Waals surface area contributed by atoms with Gasteiger partial charge >= 0.3 is 6.09 Å². The maximum Gasteiger partial charge on any atom is 0.410 e. The summed E-state index contributed by atoms with van der Waals surface area (Å²) < 4.78 is 11.5. The van der Waals surface area contributed by atoms with Gasteiger partial charge in [-0.2, -0.15) is 0 Å². The zero-order valence-electron chi connectivity index (χ0n) is 17.1. The van der Waals surface area contributed by atoms with Gasteiger partial charge in [-0.25, -0.2) is 4.79 Å². The van der Waals surface area contributed by atoms with Gasteiger partial charge in [-0.05, 0) is 82.8 Å². The fourth-order valence-corrected chi connectivity index (χ4v) is 3.77. The molecule has 1 aromatic carbocycles. The summed E-state index contributed by atoms with van der Waals surface area (Å²) in [6, 6.07) is 6.29. The lowest BCUT2D eigenvalue weighted by Crippen LogP contribution is -2.39. The van der Waals surface area contributed by atoms with E-state index in [1.807, 2.05) is 20.8 Å². The topological polar surface area (TPSA) is 42.0 Å². The minimum atomic E-state index is -0.462. The van der Waals surface area contributed by atoms with E-state index in [0.29, 0.717) is 13.1 Å². The van der Waals surface area contributed by atoms with Crippen molar-refractivity contribution in [2.24, 2.45) is 0 Å². The molecule has 0 spiro atoms. The number of rotatable bonds is 5.